The number of pyridine rings is 1. The van der Waals surface area contributed by atoms with Gasteiger partial charge in [0.15, 0.2) is 0 Å². The van der Waals surface area contributed by atoms with Crippen LogP contribution in [0.1, 0.15) is 11.1 Å². The molecule has 86 valence electrons. The van der Waals surface area contributed by atoms with Crippen molar-refractivity contribution in [3.63, 3.8) is 0 Å². The normalized spacial score (nSPS) is 11.5. The molecule has 1 heterocycles. The Morgan fingerprint density at radius 3 is 2.53 bits per heavy atom. The van der Waals surface area contributed by atoms with Gasteiger partial charge in [0.25, 0.3) is 0 Å². The van der Waals surface area contributed by atoms with E-state index in [1.54, 1.807) is 0 Å². The minimum atomic E-state index is -4.42. The van der Waals surface area contributed by atoms with Gasteiger partial charge in [0, 0.05) is 5.39 Å². The summed E-state index contributed by atoms with van der Waals surface area (Å²) >= 11 is 5.66. The van der Waals surface area contributed by atoms with Crippen LogP contribution in [-0.4, -0.2) is 4.98 Å². The van der Waals surface area contributed by atoms with Crippen LogP contribution >= 0.6 is 11.6 Å². The molecular formula is C11H4ClF3N2. The number of fused-ring (bicyclic) bond motifs is 1. The van der Waals surface area contributed by atoms with E-state index in [-0.39, 0.29) is 16.2 Å². The van der Waals surface area contributed by atoms with Crippen LogP contribution in [0.2, 0.25) is 5.15 Å². The summed E-state index contributed by atoms with van der Waals surface area (Å²) < 4.78 is 37.3. The molecule has 0 aliphatic heterocycles. The van der Waals surface area contributed by atoms with Gasteiger partial charge in [-0.15, -0.1) is 0 Å². The van der Waals surface area contributed by atoms with E-state index < -0.39 is 11.7 Å². The molecule has 0 atom stereocenters. The number of alkyl halides is 3. The Morgan fingerprint density at radius 2 is 1.94 bits per heavy atom. The first-order chi connectivity index (χ1) is 7.91. The van der Waals surface area contributed by atoms with Crippen LogP contribution in [0.3, 0.4) is 0 Å². The minimum absolute atomic E-state index is 0.0978. The Labute approximate surface area is 99.3 Å². The molecule has 0 saturated heterocycles. The van der Waals surface area contributed by atoms with Crippen molar-refractivity contribution in [1.29, 1.82) is 5.26 Å². The second kappa shape index (κ2) is 3.90. The fourth-order valence-corrected chi connectivity index (χ4v) is 1.59. The summed E-state index contributed by atoms with van der Waals surface area (Å²) in [7, 11) is 0. The number of aromatic nitrogens is 1. The average Bonchev–Trinajstić information content (AvgIpc) is 2.26. The molecule has 2 rings (SSSR count). The average molecular weight is 257 g/mol. The largest absolute Gasteiger partial charge is 0.416 e. The van der Waals surface area contributed by atoms with Crippen molar-refractivity contribution in [2.75, 3.05) is 0 Å². The fraction of sp³-hybridized carbons (Fsp3) is 0.0909. The van der Waals surface area contributed by atoms with Gasteiger partial charge in [0.05, 0.1) is 16.6 Å². The van der Waals surface area contributed by atoms with E-state index in [0.717, 1.165) is 12.1 Å². The maximum absolute atomic E-state index is 12.4. The summed E-state index contributed by atoms with van der Waals surface area (Å²) in [6.45, 7) is 0. The van der Waals surface area contributed by atoms with E-state index in [1.807, 2.05) is 6.07 Å². The van der Waals surface area contributed by atoms with Crippen LogP contribution < -0.4 is 0 Å². The SMILES string of the molecule is N#Cc1cc2ccc(C(F)(F)F)cc2nc1Cl. The highest BCUT2D eigenvalue weighted by atomic mass is 35.5. The summed E-state index contributed by atoms with van der Waals surface area (Å²) in [6, 6.07) is 6.34. The van der Waals surface area contributed by atoms with Gasteiger partial charge in [0.2, 0.25) is 0 Å². The van der Waals surface area contributed by atoms with E-state index in [2.05, 4.69) is 4.98 Å². The lowest BCUT2D eigenvalue weighted by molar-refractivity contribution is -0.137. The zero-order chi connectivity index (χ0) is 12.6. The molecule has 2 nitrogen and oxygen atoms in total. The van der Waals surface area contributed by atoms with Crippen LogP contribution in [0.25, 0.3) is 10.9 Å². The first kappa shape index (κ1) is 11.7. The van der Waals surface area contributed by atoms with Crippen molar-refractivity contribution < 1.29 is 13.2 Å². The maximum Gasteiger partial charge on any atom is 0.416 e. The molecule has 6 heteroatoms. The zero-order valence-corrected chi connectivity index (χ0v) is 8.97. The van der Waals surface area contributed by atoms with E-state index in [0.29, 0.717) is 5.39 Å². The number of halogens is 4. The molecule has 0 unspecified atom stereocenters. The first-order valence-corrected chi connectivity index (χ1v) is 4.87. The molecule has 1 aromatic carbocycles. The summed E-state index contributed by atoms with van der Waals surface area (Å²) in [4.78, 5) is 3.76. The van der Waals surface area contributed by atoms with Crippen molar-refractivity contribution in [1.82, 2.24) is 4.98 Å². The third-order valence-corrected chi connectivity index (χ3v) is 2.51. The van der Waals surface area contributed by atoms with E-state index in [1.165, 1.54) is 12.1 Å². The van der Waals surface area contributed by atoms with Gasteiger partial charge >= 0.3 is 6.18 Å². The van der Waals surface area contributed by atoms with Crippen molar-refractivity contribution in [2.24, 2.45) is 0 Å². The van der Waals surface area contributed by atoms with Gasteiger partial charge in [-0.05, 0) is 18.2 Å². The Balaban J connectivity index is 2.69. The van der Waals surface area contributed by atoms with Gasteiger partial charge in [0.1, 0.15) is 11.2 Å². The lowest BCUT2D eigenvalue weighted by Gasteiger charge is -2.07. The number of nitrogens with zero attached hydrogens (tertiary/aromatic N) is 2. The molecule has 0 amide bonds. The highest BCUT2D eigenvalue weighted by Crippen LogP contribution is 2.31. The lowest BCUT2D eigenvalue weighted by Crippen LogP contribution is -2.04. The monoisotopic (exact) mass is 256 g/mol. The quantitative estimate of drug-likeness (QED) is 0.673. The Kier molecular flexibility index (Phi) is 2.68. The molecule has 0 N–H and O–H groups in total. The summed E-state index contributed by atoms with van der Waals surface area (Å²) in [5, 5.41) is 9.05. The molecule has 0 bridgehead atoms. The van der Waals surface area contributed by atoms with Crippen LogP contribution in [0.5, 0.6) is 0 Å². The molecule has 0 radical (unpaired) electrons. The standard InChI is InChI=1S/C11H4ClF3N2/c12-10-7(5-16)3-6-1-2-8(11(13,14)15)4-9(6)17-10/h1-4H. The first-order valence-electron chi connectivity index (χ1n) is 4.49. The smallest absolute Gasteiger partial charge is 0.235 e. The van der Waals surface area contributed by atoms with Gasteiger partial charge in [-0.2, -0.15) is 18.4 Å². The number of hydrogen-bond donors (Lipinski definition) is 0. The summed E-state index contributed by atoms with van der Waals surface area (Å²) in [5.41, 5.74) is -0.541. The van der Waals surface area contributed by atoms with Gasteiger partial charge in [-0.1, -0.05) is 17.7 Å². The van der Waals surface area contributed by atoms with Gasteiger partial charge < -0.3 is 0 Å². The van der Waals surface area contributed by atoms with E-state index in [9.17, 15) is 13.2 Å². The number of hydrogen-bond acceptors (Lipinski definition) is 2. The molecule has 0 fully saturated rings. The molecule has 0 aliphatic carbocycles. The third kappa shape index (κ3) is 2.17. The summed E-state index contributed by atoms with van der Waals surface area (Å²) in [6.07, 6.45) is -4.42. The van der Waals surface area contributed by atoms with Gasteiger partial charge in [-0.3, -0.25) is 0 Å². The van der Waals surface area contributed by atoms with Crippen LogP contribution in [0.15, 0.2) is 24.3 Å². The number of rotatable bonds is 0. The highest BCUT2D eigenvalue weighted by Gasteiger charge is 2.30. The molecule has 0 aliphatic rings. The fourth-order valence-electron chi connectivity index (χ4n) is 1.40. The highest BCUT2D eigenvalue weighted by molar-refractivity contribution is 6.31. The van der Waals surface area contributed by atoms with Crippen LogP contribution in [0.4, 0.5) is 13.2 Å². The molecule has 1 aromatic heterocycles. The summed E-state index contributed by atoms with van der Waals surface area (Å²) in [5.74, 6) is 0. The molecular weight excluding hydrogens is 253 g/mol. The number of nitriles is 1. The Bertz CT molecular complexity index is 629. The molecule has 17 heavy (non-hydrogen) atoms. The topological polar surface area (TPSA) is 36.7 Å². The van der Waals surface area contributed by atoms with E-state index >= 15 is 0 Å². The zero-order valence-electron chi connectivity index (χ0n) is 8.22. The predicted molar refractivity (Wildman–Crippen MR) is 56.5 cm³/mol. The minimum Gasteiger partial charge on any atom is -0.235 e. The molecule has 0 saturated carbocycles. The van der Waals surface area contributed by atoms with Crippen molar-refractivity contribution >= 4 is 22.5 Å². The van der Waals surface area contributed by atoms with Crippen LogP contribution in [0, 0.1) is 11.3 Å². The van der Waals surface area contributed by atoms with Crippen molar-refractivity contribution in [3.8, 4) is 6.07 Å². The Morgan fingerprint density at radius 1 is 1.24 bits per heavy atom. The third-order valence-electron chi connectivity index (χ3n) is 2.22. The lowest BCUT2D eigenvalue weighted by atomic mass is 10.1. The predicted octanol–water partition coefficient (Wildman–Crippen LogP) is 3.78. The van der Waals surface area contributed by atoms with Crippen LogP contribution in [-0.2, 0) is 6.18 Å². The molecule has 2 aromatic rings. The number of benzene rings is 1. The molecule has 0 spiro atoms. The second-order valence-corrected chi connectivity index (χ2v) is 3.70. The van der Waals surface area contributed by atoms with Crippen molar-refractivity contribution in [3.05, 3.63) is 40.5 Å². The Hall–Kier alpha value is -1.80. The van der Waals surface area contributed by atoms with Gasteiger partial charge in [-0.25, -0.2) is 4.98 Å². The van der Waals surface area contributed by atoms with Crippen molar-refractivity contribution in [2.45, 2.75) is 6.18 Å². The maximum atomic E-state index is 12.4. The van der Waals surface area contributed by atoms with E-state index in [4.69, 9.17) is 16.9 Å². The second-order valence-electron chi connectivity index (χ2n) is 3.34.